The van der Waals surface area contributed by atoms with Gasteiger partial charge in [-0.15, -0.1) is 0 Å². The van der Waals surface area contributed by atoms with E-state index in [0.29, 0.717) is 0 Å². The summed E-state index contributed by atoms with van der Waals surface area (Å²) in [5.74, 6) is -3.93. The molecule has 1 unspecified atom stereocenters. The lowest BCUT2D eigenvalue weighted by atomic mass is 9.97. The summed E-state index contributed by atoms with van der Waals surface area (Å²) in [7, 11) is -1.86. The molecule has 0 saturated carbocycles. The van der Waals surface area contributed by atoms with Crippen LogP contribution in [-0.2, 0) is 23.4 Å². The van der Waals surface area contributed by atoms with Gasteiger partial charge in [-0.05, 0) is 26.0 Å². The standard InChI is InChI=1S/C22H28F2N7O7P/c1-12(17(32)35-4)30-39(34,38-13-8-6-5-7-9-13)36-10-22(24)18(33)21(2,23)19(37-22)31-11-27-14-15(26-3)28-20(25)29-16(14)31/h5-9,11-12,18-19,33H,10H2,1-4H3,(H,30,34)(H3,25,26,28,29)/t12-,18-,19+,21+,22+,39?/m0/s1. The Hall–Kier alpha value is -3.43. The Labute approximate surface area is 221 Å². The zero-order chi connectivity index (χ0) is 28.6. The molecular weight excluding hydrogens is 543 g/mol. The molecule has 1 aliphatic rings. The maximum atomic E-state index is 16.1. The van der Waals surface area contributed by atoms with Crippen molar-refractivity contribution in [1.29, 1.82) is 0 Å². The van der Waals surface area contributed by atoms with Gasteiger partial charge in [0.25, 0.3) is 5.85 Å². The number of halogens is 2. The molecule has 0 radical (unpaired) electrons. The molecule has 212 valence electrons. The predicted molar refractivity (Wildman–Crippen MR) is 134 cm³/mol. The van der Waals surface area contributed by atoms with Crippen molar-refractivity contribution in [3.63, 3.8) is 0 Å². The van der Waals surface area contributed by atoms with Gasteiger partial charge in [-0.1, -0.05) is 18.2 Å². The first-order valence-corrected chi connectivity index (χ1v) is 13.1. The lowest BCUT2D eigenvalue weighted by Gasteiger charge is -2.28. The van der Waals surface area contributed by atoms with Crippen LogP contribution in [0.5, 0.6) is 5.75 Å². The first-order chi connectivity index (χ1) is 18.3. The Kier molecular flexibility index (Phi) is 7.78. The summed E-state index contributed by atoms with van der Waals surface area (Å²) in [5.41, 5.74) is 3.17. The van der Waals surface area contributed by atoms with E-state index in [9.17, 15) is 14.5 Å². The van der Waals surface area contributed by atoms with E-state index in [4.69, 9.17) is 19.5 Å². The van der Waals surface area contributed by atoms with Gasteiger partial charge in [0.2, 0.25) is 5.95 Å². The molecule has 17 heteroatoms. The van der Waals surface area contributed by atoms with Gasteiger partial charge in [-0.3, -0.25) is 13.9 Å². The monoisotopic (exact) mass is 571 g/mol. The summed E-state index contributed by atoms with van der Waals surface area (Å²) in [6.07, 6.45) is -3.11. The molecule has 14 nitrogen and oxygen atoms in total. The number of para-hydroxylation sites is 1. The first kappa shape index (κ1) is 28.6. The van der Waals surface area contributed by atoms with Crippen LogP contribution in [0.15, 0.2) is 36.7 Å². The number of rotatable bonds is 10. The smallest absolute Gasteiger partial charge is 0.459 e. The summed E-state index contributed by atoms with van der Waals surface area (Å²) < 4.78 is 67.2. The molecule has 3 heterocycles. The third-order valence-electron chi connectivity index (χ3n) is 5.97. The fourth-order valence-electron chi connectivity index (χ4n) is 3.99. The topological polar surface area (TPSA) is 185 Å². The van der Waals surface area contributed by atoms with Crippen molar-refractivity contribution in [2.75, 3.05) is 31.8 Å². The van der Waals surface area contributed by atoms with Gasteiger partial charge in [0.15, 0.2) is 35.0 Å². The summed E-state index contributed by atoms with van der Waals surface area (Å²) in [5, 5.41) is 15.8. The zero-order valence-corrected chi connectivity index (χ0v) is 22.3. The minimum atomic E-state index is -4.53. The Morgan fingerprint density at radius 3 is 2.67 bits per heavy atom. The number of nitrogens with zero attached hydrogens (tertiary/aromatic N) is 4. The van der Waals surface area contributed by atoms with Crippen molar-refractivity contribution >= 4 is 36.6 Å². The molecule has 0 bridgehead atoms. The molecule has 1 aromatic carbocycles. The molecule has 0 amide bonds. The number of ether oxygens (including phenoxy) is 2. The predicted octanol–water partition coefficient (Wildman–Crippen LogP) is 2.09. The van der Waals surface area contributed by atoms with Crippen LogP contribution < -0.4 is 20.7 Å². The van der Waals surface area contributed by atoms with Gasteiger partial charge in [0, 0.05) is 7.05 Å². The fourth-order valence-corrected chi connectivity index (χ4v) is 5.50. The second-order valence-electron chi connectivity index (χ2n) is 8.86. The fraction of sp³-hybridized carbons (Fsp3) is 0.455. The highest BCUT2D eigenvalue weighted by molar-refractivity contribution is 7.52. The number of methoxy groups -OCH3 is 1. The minimum absolute atomic E-state index is 0.00439. The number of imidazole rings is 1. The number of anilines is 2. The number of carbonyl (C=O) groups excluding carboxylic acids is 1. The van der Waals surface area contributed by atoms with Crippen molar-refractivity contribution in [2.45, 2.75) is 43.7 Å². The van der Waals surface area contributed by atoms with Crippen molar-refractivity contribution in [3.8, 4) is 5.75 Å². The molecule has 3 aromatic rings. The van der Waals surface area contributed by atoms with Crippen LogP contribution in [0.25, 0.3) is 11.2 Å². The van der Waals surface area contributed by atoms with Crippen LogP contribution in [0.3, 0.4) is 0 Å². The number of benzene rings is 1. The normalized spacial score (nSPS) is 27.2. The molecule has 5 N–H and O–H groups in total. The molecule has 1 saturated heterocycles. The first-order valence-electron chi connectivity index (χ1n) is 11.6. The molecule has 0 aliphatic carbocycles. The van der Waals surface area contributed by atoms with Crippen LogP contribution in [0, 0.1) is 0 Å². The number of alkyl halides is 2. The number of esters is 1. The van der Waals surface area contributed by atoms with Gasteiger partial charge in [-0.25, -0.2) is 18.3 Å². The van der Waals surface area contributed by atoms with Crippen LogP contribution >= 0.6 is 7.75 Å². The van der Waals surface area contributed by atoms with E-state index in [1.165, 1.54) is 19.1 Å². The molecule has 1 fully saturated rings. The summed E-state index contributed by atoms with van der Waals surface area (Å²) in [6.45, 7) is 0.964. The van der Waals surface area contributed by atoms with Gasteiger partial charge in [0.05, 0.1) is 13.4 Å². The molecular formula is C22H28F2N7O7P. The van der Waals surface area contributed by atoms with Gasteiger partial charge in [-0.2, -0.15) is 15.1 Å². The Morgan fingerprint density at radius 1 is 1.33 bits per heavy atom. The molecule has 1 aliphatic heterocycles. The maximum Gasteiger partial charge on any atom is 0.459 e. The third kappa shape index (κ3) is 5.51. The Morgan fingerprint density at radius 2 is 2.03 bits per heavy atom. The molecule has 4 rings (SSSR count). The molecule has 0 spiro atoms. The van der Waals surface area contributed by atoms with Crippen molar-refractivity contribution in [1.82, 2.24) is 24.6 Å². The SMILES string of the molecule is CNc1nc(N)nc2c1ncn2[C@@H]1O[C@](F)(COP(=O)(N[C@@H](C)C(=O)OC)Oc2ccccc2)[C@@H](O)[C@@]1(C)F. The highest BCUT2D eigenvalue weighted by atomic mass is 31.2. The lowest BCUT2D eigenvalue weighted by molar-refractivity contribution is -0.202. The number of hydrogen-bond donors (Lipinski definition) is 4. The number of aromatic nitrogens is 4. The van der Waals surface area contributed by atoms with E-state index >= 15 is 8.78 Å². The largest absolute Gasteiger partial charge is 0.468 e. The van der Waals surface area contributed by atoms with E-state index in [1.54, 1.807) is 25.2 Å². The number of hydrogen-bond acceptors (Lipinski definition) is 12. The van der Waals surface area contributed by atoms with Crippen LogP contribution in [0.4, 0.5) is 20.5 Å². The Balaban J connectivity index is 1.62. The number of carbonyl (C=O) groups is 1. The van der Waals surface area contributed by atoms with Gasteiger partial charge in [0.1, 0.15) is 18.4 Å². The molecule has 6 atom stereocenters. The molecule has 2 aromatic heterocycles. The van der Waals surface area contributed by atoms with E-state index < -0.39 is 50.2 Å². The van der Waals surface area contributed by atoms with E-state index in [2.05, 4.69) is 30.1 Å². The second-order valence-corrected chi connectivity index (χ2v) is 10.6. The van der Waals surface area contributed by atoms with E-state index in [-0.39, 0.29) is 28.7 Å². The second kappa shape index (κ2) is 10.6. The van der Waals surface area contributed by atoms with Crippen molar-refractivity contribution < 1.29 is 41.8 Å². The maximum absolute atomic E-state index is 16.1. The number of aliphatic hydroxyl groups is 1. The van der Waals surface area contributed by atoms with E-state index in [0.717, 1.165) is 24.9 Å². The summed E-state index contributed by atoms with van der Waals surface area (Å²) >= 11 is 0. The number of nitrogens with two attached hydrogens (primary N) is 1. The average molecular weight is 571 g/mol. The van der Waals surface area contributed by atoms with Crippen molar-refractivity contribution in [3.05, 3.63) is 36.7 Å². The zero-order valence-electron chi connectivity index (χ0n) is 21.4. The van der Waals surface area contributed by atoms with Crippen LogP contribution in [0.2, 0.25) is 0 Å². The number of nitrogens with one attached hydrogen (secondary N) is 2. The lowest BCUT2D eigenvalue weighted by Crippen LogP contribution is -2.47. The van der Waals surface area contributed by atoms with Crippen LogP contribution in [-0.4, -0.2) is 75.0 Å². The highest BCUT2D eigenvalue weighted by Gasteiger charge is 2.65. The quantitative estimate of drug-likeness (QED) is 0.205. The number of fused-ring (bicyclic) bond motifs is 1. The van der Waals surface area contributed by atoms with Crippen molar-refractivity contribution in [2.24, 2.45) is 0 Å². The van der Waals surface area contributed by atoms with Gasteiger partial charge >= 0.3 is 13.7 Å². The molecule has 39 heavy (non-hydrogen) atoms. The highest BCUT2D eigenvalue weighted by Crippen LogP contribution is 2.52. The summed E-state index contributed by atoms with van der Waals surface area (Å²) in [4.78, 5) is 24.1. The average Bonchev–Trinajstić information content (AvgIpc) is 3.39. The number of nitrogen functional groups attached to an aromatic ring is 1. The minimum Gasteiger partial charge on any atom is -0.468 e. The summed E-state index contributed by atoms with van der Waals surface area (Å²) in [6, 6.07) is 6.50. The van der Waals surface area contributed by atoms with Crippen LogP contribution in [0.1, 0.15) is 20.1 Å². The number of aliphatic hydroxyl groups excluding tert-OH is 1. The Bertz CT molecular complexity index is 1400. The third-order valence-corrected chi connectivity index (χ3v) is 7.59. The van der Waals surface area contributed by atoms with E-state index in [1.807, 2.05) is 0 Å². The van der Waals surface area contributed by atoms with Gasteiger partial charge < -0.3 is 30.2 Å².